The van der Waals surface area contributed by atoms with Gasteiger partial charge in [-0.2, -0.15) is 0 Å². The quantitative estimate of drug-likeness (QED) is 0.492. The number of nitro groups is 1. The Hall–Kier alpha value is -2.15. The summed E-state index contributed by atoms with van der Waals surface area (Å²) >= 11 is 0. The van der Waals surface area contributed by atoms with Gasteiger partial charge in [-0.15, -0.1) is 0 Å². The van der Waals surface area contributed by atoms with Crippen LogP contribution in [0.3, 0.4) is 0 Å². The van der Waals surface area contributed by atoms with E-state index < -0.39 is 4.92 Å². The predicted molar refractivity (Wildman–Crippen MR) is 79.9 cm³/mol. The van der Waals surface area contributed by atoms with E-state index in [1.165, 1.54) is 12.1 Å². The van der Waals surface area contributed by atoms with Crippen molar-refractivity contribution >= 4 is 17.3 Å². The van der Waals surface area contributed by atoms with Crippen molar-refractivity contribution in [1.29, 1.82) is 0 Å². The highest BCUT2D eigenvalue weighted by Gasteiger charge is 2.31. The maximum Gasteiger partial charge on any atom is 0.306 e. The highest BCUT2D eigenvalue weighted by Crippen LogP contribution is 2.31. The fourth-order valence-corrected chi connectivity index (χ4v) is 2.97. The molecular weight excluding hydrogens is 272 g/mol. The molecule has 0 spiro atoms. The molecule has 1 aliphatic rings. The third-order valence-corrected chi connectivity index (χ3v) is 3.97. The minimum Gasteiger partial charge on any atom is -0.336 e. The van der Waals surface area contributed by atoms with Gasteiger partial charge >= 0.3 is 5.69 Å². The molecule has 1 aromatic carbocycles. The van der Waals surface area contributed by atoms with Crippen LogP contribution in [0.1, 0.15) is 43.0 Å². The van der Waals surface area contributed by atoms with Crippen LogP contribution in [0, 0.1) is 10.1 Å². The maximum absolute atomic E-state index is 12.7. The Labute approximate surface area is 123 Å². The van der Waals surface area contributed by atoms with Crippen LogP contribution in [0.5, 0.6) is 0 Å². The van der Waals surface area contributed by atoms with Gasteiger partial charge in [0.25, 0.3) is 5.91 Å². The van der Waals surface area contributed by atoms with E-state index in [1.807, 2.05) is 6.92 Å². The lowest BCUT2D eigenvalue weighted by Gasteiger charge is -2.27. The minimum absolute atomic E-state index is 0.0872. The topological polar surface area (TPSA) is 102 Å². The molecule has 1 amide bonds. The zero-order chi connectivity index (χ0) is 15.4. The van der Waals surface area contributed by atoms with Crippen molar-refractivity contribution in [3.05, 3.63) is 33.9 Å². The SMILES string of the molecule is CCN(C(=O)c1cccc(NN)c1[N+](=O)[O-])C1CCCC1. The molecule has 1 aromatic rings. The van der Waals surface area contributed by atoms with Crippen molar-refractivity contribution in [2.24, 2.45) is 5.84 Å². The number of nitrogens with two attached hydrogens (primary N) is 1. The maximum atomic E-state index is 12.7. The molecule has 7 heteroatoms. The molecule has 7 nitrogen and oxygen atoms in total. The van der Waals surface area contributed by atoms with E-state index in [9.17, 15) is 14.9 Å². The van der Waals surface area contributed by atoms with Crippen molar-refractivity contribution < 1.29 is 9.72 Å². The van der Waals surface area contributed by atoms with Gasteiger partial charge in [-0.1, -0.05) is 18.9 Å². The molecule has 3 N–H and O–H groups in total. The largest absolute Gasteiger partial charge is 0.336 e. The number of benzene rings is 1. The van der Waals surface area contributed by atoms with E-state index in [0.717, 1.165) is 25.7 Å². The van der Waals surface area contributed by atoms with Gasteiger partial charge in [0.05, 0.1) is 4.92 Å². The number of amides is 1. The van der Waals surface area contributed by atoms with Crippen LogP contribution in [0.4, 0.5) is 11.4 Å². The summed E-state index contributed by atoms with van der Waals surface area (Å²) in [7, 11) is 0. The van der Waals surface area contributed by atoms with Gasteiger partial charge < -0.3 is 10.3 Å². The van der Waals surface area contributed by atoms with Gasteiger partial charge in [-0.3, -0.25) is 20.8 Å². The summed E-state index contributed by atoms with van der Waals surface area (Å²) in [6.45, 7) is 2.44. The molecular formula is C14H20N4O3. The second-order valence-electron chi connectivity index (χ2n) is 5.13. The highest BCUT2D eigenvalue weighted by atomic mass is 16.6. The van der Waals surface area contributed by atoms with E-state index in [2.05, 4.69) is 5.43 Å². The Balaban J connectivity index is 2.39. The molecule has 0 heterocycles. The van der Waals surface area contributed by atoms with E-state index in [1.54, 1.807) is 11.0 Å². The van der Waals surface area contributed by atoms with Crippen molar-refractivity contribution in [2.75, 3.05) is 12.0 Å². The minimum atomic E-state index is -0.565. The molecule has 1 aliphatic carbocycles. The smallest absolute Gasteiger partial charge is 0.306 e. The van der Waals surface area contributed by atoms with Crippen LogP contribution in [0.15, 0.2) is 18.2 Å². The number of carbonyl (C=O) groups is 1. The summed E-state index contributed by atoms with van der Waals surface area (Å²) < 4.78 is 0. The molecule has 0 saturated heterocycles. The summed E-state index contributed by atoms with van der Waals surface area (Å²) in [5.74, 6) is 5.01. The van der Waals surface area contributed by atoms with E-state index in [-0.39, 0.29) is 28.9 Å². The van der Waals surface area contributed by atoms with E-state index in [0.29, 0.717) is 6.54 Å². The summed E-state index contributed by atoms with van der Waals surface area (Å²) in [5, 5.41) is 11.3. The zero-order valence-electron chi connectivity index (χ0n) is 12.0. The number of nitro benzene ring substituents is 1. The molecule has 21 heavy (non-hydrogen) atoms. The van der Waals surface area contributed by atoms with E-state index in [4.69, 9.17) is 5.84 Å². The lowest BCUT2D eigenvalue weighted by atomic mass is 10.1. The van der Waals surface area contributed by atoms with Crippen molar-refractivity contribution in [2.45, 2.75) is 38.6 Å². The summed E-state index contributed by atoms with van der Waals surface area (Å²) in [6, 6.07) is 4.74. The number of nitrogens with one attached hydrogen (secondary N) is 1. The van der Waals surface area contributed by atoms with Crippen LogP contribution in [0.25, 0.3) is 0 Å². The van der Waals surface area contributed by atoms with Crippen LogP contribution in [-0.2, 0) is 0 Å². The van der Waals surface area contributed by atoms with Gasteiger partial charge in [0.1, 0.15) is 11.3 Å². The predicted octanol–water partition coefficient (Wildman–Crippen LogP) is 2.29. The van der Waals surface area contributed by atoms with Gasteiger partial charge in [0, 0.05) is 12.6 Å². The number of hydrazine groups is 1. The lowest BCUT2D eigenvalue weighted by molar-refractivity contribution is -0.384. The fourth-order valence-electron chi connectivity index (χ4n) is 2.97. The third-order valence-electron chi connectivity index (χ3n) is 3.97. The second kappa shape index (κ2) is 6.53. The van der Waals surface area contributed by atoms with Gasteiger partial charge in [-0.25, -0.2) is 0 Å². The molecule has 2 rings (SSSR count). The van der Waals surface area contributed by atoms with Crippen molar-refractivity contribution in [3.8, 4) is 0 Å². The molecule has 0 bridgehead atoms. The molecule has 1 saturated carbocycles. The first-order chi connectivity index (χ1) is 10.1. The van der Waals surface area contributed by atoms with Gasteiger partial charge in [0.15, 0.2) is 0 Å². The lowest BCUT2D eigenvalue weighted by Crippen LogP contribution is -2.39. The average Bonchev–Trinajstić information content (AvgIpc) is 3.00. The zero-order valence-corrected chi connectivity index (χ0v) is 12.0. The first-order valence-electron chi connectivity index (χ1n) is 7.15. The number of rotatable bonds is 5. The molecule has 0 atom stereocenters. The van der Waals surface area contributed by atoms with Gasteiger partial charge in [-0.05, 0) is 31.9 Å². The fraction of sp³-hybridized carbons (Fsp3) is 0.500. The molecule has 0 unspecified atom stereocenters. The van der Waals surface area contributed by atoms with Gasteiger partial charge in [0.2, 0.25) is 0 Å². The average molecular weight is 292 g/mol. The first kappa shape index (κ1) is 15.2. The number of para-hydroxylation sites is 1. The molecule has 1 fully saturated rings. The van der Waals surface area contributed by atoms with Crippen LogP contribution in [-0.4, -0.2) is 28.3 Å². The monoisotopic (exact) mass is 292 g/mol. The Kier molecular flexibility index (Phi) is 4.74. The Morgan fingerprint density at radius 3 is 2.67 bits per heavy atom. The Morgan fingerprint density at radius 1 is 1.48 bits per heavy atom. The first-order valence-corrected chi connectivity index (χ1v) is 7.15. The number of hydrogen-bond donors (Lipinski definition) is 2. The van der Waals surface area contributed by atoms with E-state index >= 15 is 0 Å². The normalized spacial score (nSPS) is 15.0. The summed E-state index contributed by atoms with van der Waals surface area (Å²) in [5.41, 5.74) is 2.26. The number of anilines is 1. The summed E-state index contributed by atoms with van der Waals surface area (Å²) in [4.78, 5) is 25.2. The van der Waals surface area contributed by atoms with Crippen molar-refractivity contribution in [3.63, 3.8) is 0 Å². The molecule has 0 aliphatic heterocycles. The molecule has 0 radical (unpaired) electrons. The number of carbonyl (C=O) groups excluding carboxylic acids is 1. The molecule has 114 valence electrons. The van der Waals surface area contributed by atoms with Crippen LogP contribution < -0.4 is 11.3 Å². The molecule has 0 aromatic heterocycles. The number of nitrogens with zero attached hydrogens (tertiary/aromatic N) is 2. The summed E-state index contributed by atoms with van der Waals surface area (Å²) in [6.07, 6.45) is 4.12. The third kappa shape index (κ3) is 2.97. The van der Waals surface area contributed by atoms with Crippen LogP contribution in [0.2, 0.25) is 0 Å². The number of hydrogen-bond acceptors (Lipinski definition) is 5. The van der Waals surface area contributed by atoms with Crippen LogP contribution >= 0.6 is 0 Å². The Bertz CT molecular complexity index is 541. The van der Waals surface area contributed by atoms with Crippen molar-refractivity contribution in [1.82, 2.24) is 4.90 Å². The highest BCUT2D eigenvalue weighted by molar-refractivity contribution is 6.00. The standard InChI is InChI=1S/C14H20N4O3/c1-2-17(10-6-3-4-7-10)14(19)11-8-5-9-12(16-15)13(11)18(20)21/h5,8-10,16H,2-4,6-7,15H2,1H3. The number of nitrogen functional groups attached to an aromatic ring is 1. The second-order valence-corrected chi connectivity index (χ2v) is 5.13. The Morgan fingerprint density at radius 2 is 2.14 bits per heavy atom.